The van der Waals surface area contributed by atoms with Crippen LogP contribution in [0.5, 0.6) is 0 Å². The summed E-state index contributed by atoms with van der Waals surface area (Å²) in [6.45, 7) is 12.5. The van der Waals surface area contributed by atoms with Crippen molar-refractivity contribution in [3.8, 4) is 0 Å². The van der Waals surface area contributed by atoms with E-state index >= 15 is 0 Å². The van der Waals surface area contributed by atoms with Gasteiger partial charge >= 0.3 is 0 Å². The summed E-state index contributed by atoms with van der Waals surface area (Å²) in [5.41, 5.74) is 0.350. The van der Waals surface area contributed by atoms with E-state index in [1.165, 1.54) is 32.1 Å². The maximum Gasteiger partial charge on any atom is 0.0658 e. The van der Waals surface area contributed by atoms with Gasteiger partial charge in [0.2, 0.25) is 0 Å². The molecule has 0 bridgehead atoms. The van der Waals surface area contributed by atoms with Gasteiger partial charge in [-0.25, -0.2) is 0 Å². The van der Waals surface area contributed by atoms with Gasteiger partial charge in [-0.05, 0) is 50.9 Å². The summed E-state index contributed by atoms with van der Waals surface area (Å²) in [6, 6.07) is 1.41. The van der Waals surface area contributed by atoms with Crippen molar-refractivity contribution < 1.29 is 4.74 Å². The largest absolute Gasteiger partial charge is 0.378 e. The highest BCUT2D eigenvalue weighted by Crippen LogP contribution is 2.46. The molecule has 2 aliphatic carbocycles. The van der Waals surface area contributed by atoms with E-state index in [2.05, 4.69) is 39.9 Å². The number of ether oxygens (including phenoxy) is 1. The zero-order valence-electron chi connectivity index (χ0n) is 13.5. The molecule has 0 aromatic heterocycles. The van der Waals surface area contributed by atoms with Crippen molar-refractivity contribution in [3.63, 3.8) is 0 Å². The molecule has 1 N–H and O–H groups in total. The molecule has 6 atom stereocenters. The number of hydrogen-bond donors (Lipinski definition) is 1. The van der Waals surface area contributed by atoms with Crippen LogP contribution in [0.3, 0.4) is 0 Å². The summed E-state index contributed by atoms with van der Waals surface area (Å²) in [6.07, 6.45) is 7.01. The minimum absolute atomic E-state index is 0.350. The Morgan fingerprint density at radius 1 is 1.11 bits per heavy atom. The minimum atomic E-state index is 0.350. The predicted molar refractivity (Wildman–Crippen MR) is 81.3 cm³/mol. The second-order valence-corrected chi connectivity index (χ2v) is 7.22. The molecule has 0 aliphatic heterocycles. The molecule has 0 heterocycles. The van der Waals surface area contributed by atoms with Crippen LogP contribution < -0.4 is 5.32 Å². The van der Waals surface area contributed by atoms with Crippen LogP contribution in [0.2, 0.25) is 0 Å². The van der Waals surface area contributed by atoms with Crippen molar-refractivity contribution in [2.75, 3.05) is 6.61 Å². The highest BCUT2D eigenvalue weighted by molar-refractivity contribution is 5.06. The maximum absolute atomic E-state index is 5.90. The zero-order valence-corrected chi connectivity index (χ0v) is 13.5. The Balaban J connectivity index is 1.87. The SMILES string of the molecule is CCOC1CC(NC2CCC(C)C(C)C2)C1(C)CC. The summed E-state index contributed by atoms with van der Waals surface area (Å²) >= 11 is 0. The minimum Gasteiger partial charge on any atom is -0.378 e. The Kier molecular flexibility index (Phi) is 4.94. The Hall–Kier alpha value is -0.0800. The quantitative estimate of drug-likeness (QED) is 0.813. The van der Waals surface area contributed by atoms with E-state index in [9.17, 15) is 0 Å². The Morgan fingerprint density at radius 3 is 2.42 bits per heavy atom. The molecule has 2 aliphatic rings. The Bertz CT molecular complexity index is 293. The van der Waals surface area contributed by atoms with Gasteiger partial charge in [-0.15, -0.1) is 0 Å². The smallest absolute Gasteiger partial charge is 0.0658 e. The lowest BCUT2D eigenvalue weighted by atomic mass is 9.61. The second kappa shape index (κ2) is 6.13. The molecule has 0 amide bonds. The first-order chi connectivity index (χ1) is 9.01. The molecule has 19 heavy (non-hydrogen) atoms. The van der Waals surface area contributed by atoms with Crippen LogP contribution >= 0.6 is 0 Å². The first kappa shape index (κ1) is 15.3. The van der Waals surface area contributed by atoms with Gasteiger partial charge in [0.1, 0.15) is 0 Å². The molecule has 2 rings (SSSR count). The number of hydrogen-bond acceptors (Lipinski definition) is 2. The molecular formula is C17H33NO. The van der Waals surface area contributed by atoms with Crippen LogP contribution in [-0.2, 0) is 4.74 Å². The van der Waals surface area contributed by atoms with Crippen LogP contribution in [0.25, 0.3) is 0 Å². The third-order valence-electron chi connectivity index (χ3n) is 6.15. The summed E-state index contributed by atoms with van der Waals surface area (Å²) < 4.78 is 5.90. The van der Waals surface area contributed by atoms with Crippen LogP contribution in [0.4, 0.5) is 0 Å². The number of nitrogens with one attached hydrogen (secondary N) is 1. The van der Waals surface area contributed by atoms with Crippen molar-refractivity contribution in [2.24, 2.45) is 17.3 Å². The molecule has 2 nitrogen and oxygen atoms in total. The van der Waals surface area contributed by atoms with Gasteiger partial charge in [-0.2, -0.15) is 0 Å². The summed E-state index contributed by atoms with van der Waals surface area (Å²) in [5, 5.41) is 3.96. The van der Waals surface area contributed by atoms with E-state index in [4.69, 9.17) is 4.74 Å². The third kappa shape index (κ3) is 3.00. The lowest BCUT2D eigenvalue weighted by molar-refractivity contribution is -0.129. The van der Waals surface area contributed by atoms with E-state index in [0.29, 0.717) is 17.6 Å². The average molecular weight is 267 g/mol. The van der Waals surface area contributed by atoms with Gasteiger partial charge in [0.15, 0.2) is 0 Å². The van der Waals surface area contributed by atoms with E-state index in [0.717, 1.165) is 24.5 Å². The third-order valence-corrected chi connectivity index (χ3v) is 6.15. The van der Waals surface area contributed by atoms with Gasteiger partial charge in [-0.3, -0.25) is 0 Å². The van der Waals surface area contributed by atoms with Crippen molar-refractivity contribution in [1.29, 1.82) is 0 Å². The molecular weight excluding hydrogens is 234 g/mol. The van der Waals surface area contributed by atoms with E-state index in [1.54, 1.807) is 0 Å². The highest BCUT2D eigenvalue weighted by atomic mass is 16.5. The normalized spacial score (nSPS) is 46.9. The summed E-state index contributed by atoms with van der Waals surface area (Å²) in [5.74, 6) is 1.79. The fourth-order valence-electron chi connectivity index (χ4n) is 3.99. The maximum atomic E-state index is 5.90. The Labute approximate surface area is 119 Å². The van der Waals surface area contributed by atoms with Crippen molar-refractivity contribution in [2.45, 2.75) is 84.9 Å². The average Bonchev–Trinajstić information content (AvgIpc) is 2.40. The zero-order chi connectivity index (χ0) is 14.0. The van der Waals surface area contributed by atoms with Gasteiger partial charge < -0.3 is 10.1 Å². The summed E-state index contributed by atoms with van der Waals surface area (Å²) in [4.78, 5) is 0. The van der Waals surface area contributed by atoms with Crippen molar-refractivity contribution in [1.82, 2.24) is 5.32 Å². The first-order valence-corrected chi connectivity index (χ1v) is 8.38. The van der Waals surface area contributed by atoms with Gasteiger partial charge in [0.25, 0.3) is 0 Å². The molecule has 2 saturated carbocycles. The lowest BCUT2D eigenvalue weighted by Crippen LogP contribution is -2.64. The molecule has 6 unspecified atom stereocenters. The second-order valence-electron chi connectivity index (χ2n) is 7.22. The molecule has 112 valence electrons. The summed E-state index contributed by atoms with van der Waals surface area (Å²) in [7, 11) is 0. The topological polar surface area (TPSA) is 21.3 Å². The molecule has 0 radical (unpaired) electrons. The molecule has 2 fully saturated rings. The fourth-order valence-corrected chi connectivity index (χ4v) is 3.99. The van der Waals surface area contributed by atoms with Crippen LogP contribution in [-0.4, -0.2) is 24.8 Å². The van der Waals surface area contributed by atoms with Crippen LogP contribution in [0.15, 0.2) is 0 Å². The molecule has 0 spiro atoms. The molecule has 0 aromatic rings. The fraction of sp³-hybridized carbons (Fsp3) is 1.00. The van der Waals surface area contributed by atoms with E-state index in [-0.39, 0.29) is 0 Å². The number of rotatable bonds is 5. The van der Waals surface area contributed by atoms with Gasteiger partial charge in [0, 0.05) is 24.1 Å². The molecule has 2 heteroatoms. The van der Waals surface area contributed by atoms with Gasteiger partial charge in [-0.1, -0.05) is 27.7 Å². The first-order valence-electron chi connectivity index (χ1n) is 8.38. The van der Waals surface area contributed by atoms with Crippen LogP contribution in [0, 0.1) is 17.3 Å². The van der Waals surface area contributed by atoms with Gasteiger partial charge in [0.05, 0.1) is 6.10 Å². The monoisotopic (exact) mass is 267 g/mol. The van der Waals surface area contributed by atoms with Crippen molar-refractivity contribution in [3.05, 3.63) is 0 Å². The van der Waals surface area contributed by atoms with E-state index in [1.807, 2.05) is 0 Å². The van der Waals surface area contributed by atoms with E-state index < -0.39 is 0 Å². The lowest BCUT2D eigenvalue weighted by Gasteiger charge is -2.55. The van der Waals surface area contributed by atoms with Crippen LogP contribution in [0.1, 0.15) is 66.7 Å². The predicted octanol–water partition coefficient (Wildman–Crippen LogP) is 3.99. The Morgan fingerprint density at radius 2 is 1.84 bits per heavy atom. The van der Waals surface area contributed by atoms with Crippen molar-refractivity contribution >= 4 is 0 Å². The standard InChI is InChI=1S/C17H33NO/c1-6-17(5)15(11-16(17)19-7-2)18-14-9-8-12(3)13(4)10-14/h12-16,18H,6-11H2,1-5H3. The molecule has 0 saturated heterocycles. The molecule has 0 aromatic carbocycles. The highest BCUT2D eigenvalue weighted by Gasteiger charge is 2.51.